The largest absolute Gasteiger partial charge is 0.491 e. The van der Waals surface area contributed by atoms with Crippen molar-refractivity contribution in [1.82, 2.24) is 5.32 Å². The number of ether oxygens (including phenoxy) is 1. The van der Waals surface area contributed by atoms with Crippen LogP contribution in [0.25, 0.3) is 0 Å². The van der Waals surface area contributed by atoms with Crippen molar-refractivity contribution >= 4 is 27.6 Å². The predicted octanol–water partition coefficient (Wildman–Crippen LogP) is 4.57. The zero-order chi connectivity index (χ0) is 16.8. The number of anilines is 1. The maximum absolute atomic E-state index is 11.8. The van der Waals surface area contributed by atoms with Crippen LogP contribution in [0.15, 0.2) is 40.9 Å². The molecule has 2 N–H and O–H groups in total. The summed E-state index contributed by atoms with van der Waals surface area (Å²) in [7, 11) is 0. The highest BCUT2D eigenvalue weighted by Crippen LogP contribution is 2.22. The molecule has 4 nitrogen and oxygen atoms in total. The molecule has 5 heteroatoms. The molecule has 2 aromatic carbocycles. The third kappa shape index (κ3) is 5.28. The van der Waals surface area contributed by atoms with Gasteiger partial charge in [-0.25, -0.2) is 4.79 Å². The number of rotatable bonds is 5. The number of hydrogen-bond donors (Lipinski definition) is 2. The monoisotopic (exact) mass is 376 g/mol. The van der Waals surface area contributed by atoms with E-state index in [0.29, 0.717) is 13.2 Å². The van der Waals surface area contributed by atoms with Crippen LogP contribution in [-0.2, 0) is 0 Å². The fourth-order valence-corrected chi connectivity index (χ4v) is 2.39. The van der Waals surface area contributed by atoms with Gasteiger partial charge in [0.05, 0.1) is 6.54 Å². The van der Waals surface area contributed by atoms with E-state index in [1.807, 2.05) is 37.3 Å². The van der Waals surface area contributed by atoms with E-state index in [1.54, 1.807) is 0 Å². The molecule has 0 aliphatic rings. The zero-order valence-corrected chi connectivity index (χ0v) is 15.2. The first-order valence-corrected chi connectivity index (χ1v) is 8.26. The molecular weight excluding hydrogens is 356 g/mol. The smallest absolute Gasteiger partial charge is 0.319 e. The molecule has 0 aliphatic heterocycles. The molecule has 2 aromatic rings. The van der Waals surface area contributed by atoms with E-state index in [0.717, 1.165) is 21.5 Å². The number of nitrogens with one attached hydrogen (secondary N) is 2. The first-order chi connectivity index (χ1) is 11.0. The van der Waals surface area contributed by atoms with Crippen LogP contribution in [0.3, 0.4) is 0 Å². The number of carbonyl (C=O) groups is 1. The van der Waals surface area contributed by atoms with Crippen molar-refractivity contribution in [2.75, 3.05) is 18.5 Å². The Morgan fingerprint density at radius 2 is 1.70 bits per heavy atom. The fourth-order valence-electron chi connectivity index (χ4n) is 2.12. The van der Waals surface area contributed by atoms with Crippen LogP contribution in [0, 0.1) is 20.8 Å². The molecule has 2 rings (SSSR count). The van der Waals surface area contributed by atoms with Crippen LogP contribution in [0.4, 0.5) is 10.5 Å². The Morgan fingerprint density at radius 3 is 2.39 bits per heavy atom. The van der Waals surface area contributed by atoms with Gasteiger partial charge in [-0.2, -0.15) is 0 Å². The van der Waals surface area contributed by atoms with Gasteiger partial charge in [0.1, 0.15) is 12.4 Å². The molecule has 0 saturated carbocycles. The van der Waals surface area contributed by atoms with E-state index >= 15 is 0 Å². The number of amides is 2. The molecule has 122 valence electrons. The Balaban J connectivity index is 1.76. The maximum atomic E-state index is 11.8. The van der Waals surface area contributed by atoms with E-state index < -0.39 is 0 Å². The molecule has 0 radical (unpaired) electrons. The topological polar surface area (TPSA) is 50.4 Å². The summed E-state index contributed by atoms with van der Waals surface area (Å²) in [6.45, 7) is 7.03. The molecule has 0 bridgehead atoms. The van der Waals surface area contributed by atoms with E-state index in [9.17, 15) is 4.79 Å². The van der Waals surface area contributed by atoms with Gasteiger partial charge >= 0.3 is 6.03 Å². The van der Waals surface area contributed by atoms with Crippen LogP contribution >= 0.6 is 15.9 Å². The highest BCUT2D eigenvalue weighted by molar-refractivity contribution is 9.10. The van der Waals surface area contributed by atoms with Crippen molar-refractivity contribution in [2.24, 2.45) is 0 Å². The highest BCUT2D eigenvalue weighted by Gasteiger charge is 2.04. The Morgan fingerprint density at radius 1 is 1.04 bits per heavy atom. The Bertz CT molecular complexity index is 684. The van der Waals surface area contributed by atoms with Crippen LogP contribution in [-0.4, -0.2) is 19.2 Å². The second-order valence-corrected chi connectivity index (χ2v) is 6.35. The molecular formula is C18H21BrN2O2. The van der Waals surface area contributed by atoms with Crippen molar-refractivity contribution in [3.63, 3.8) is 0 Å². The first kappa shape index (κ1) is 17.3. The van der Waals surface area contributed by atoms with Crippen molar-refractivity contribution in [3.05, 3.63) is 57.6 Å². The van der Waals surface area contributed by atoms with E-state index in [4.69, 9.17) is 4.74 Å². The van der Waals surface area contributed by atoms with Gasteiger partial charge < -0.3 is 15.4 Å². The summed E-state index contributed by atoms with van der Waals surface area (Å²) < 4.78 is 6.71. The highest BCUT2D eigenvalue weighted by atomic mass is 79.9. The summed E-state index contributed by atoms with van der Waals surface area (Å²) in [4.78, 5) is 11.8. The minimum Gasteiger partial charge on any atom is -0.491 e. The number of benzene rings is 2. The third-order valence-corrected chi connectivity index (χ3v) is 4.07. The molecule has 0 atom stereocenters. The minimum atomic E-state index is -0.243. The Kier molecular flexibility index (Phi) is 6.04. The number of aryl methyl sites for hydroxylation is 3. The van der Waals surface area contributed by atoms with Crippen LogP contribution < -0.4 is 15.4 Å². The van der Waals surface area contributed by atoms with E-state index in [2.05, 4.69) is 46.5 Å². The third-order valence-electron chi connectivity index (χ3n) is 3.54. The lowest BCUT2D eigenvalue weighted by molar-refractivity contribution is 0.247. The number of urea groups is 1. The van der Waals surface area contributed by atoms with Crippen LogP contribution in [0.5, 0.6) is 5.75 Å². The number of hydrogen-bond acceptors (Lipinski definition) is 2. The zero-order valence-electron chi connectivity index (χ0n) is 13.6. The molecule has 0 heterocycles. The summed E-state index contributed by atoms with van der Waals surface area (Å²) >= 11 is 3.36. The normalized spacial score (nSPS) is 10.3. The molecule has 0 aromatic heterocycles. The molecule has 0 saturated heterocycles. The van der Waals surface area contributed by atoms with Gasteiger partial charge in [0, 0.05) is 10.2 Å². The van der Waals surface area contributed by atoms with Gasteiger partial charge in [0.15, 0.2) is 0 Å². The summed E-state index contributed by atoms with van der Waals surface area (Å²) in [6.07, 6.45) is 0. The SMILES string of the molecule is Cc1cc(C)c(OCCNC(=O)Nc2ccc(Br)cc2)cc1C. The van der Waals surface area contributed by atoms with Gasteiger partial charge in [0.25, 0.3) is 0 Å². The van der Waals surface area contributed by atoms with Gasteiger partial charge in [-0.05, 0) is 67.8 Å². The van der Waals surface area contributed by atoms with Gasteiger partial charge in [0.2, 0.25) is 0 Å². The van der Waals surface area contributed by atoms with Crippen LogP contribution in [0.2, 0.25) is 0 Å². The summed E-state index contributed by atoms with van der Waals surface area (Å²) in [5.41, 5.74) is 4.30. The van der Waals surface area contributed by atoms with E-state index in [-0.39, 0.29) is 6.03 Å². The summed E-state index contributed by atoms with van der Waals surface area (Å²) in [5.74, 6) is 0.864. The minimum absolute atomic E-state index is 0.243. The second kappa shape index (κ2) is 8.02. The number of halogens is 1. The average Bonchev–Trinajstić information content (AvgIpc) is 2.51. The molecule has 0 fully saturated rings. The lowest BCUT2D eigenvalue weighted by atomic mass is 10.1. The maximum Gasteiger partial charge on any atom is 0.319 e. The Hall–Kier alpha value is -2.01. The van der Waals surface area contributed by atoms with Crippen molar-refractivity contribution in [2.45, 2.75) is 20.8 Å². The second-order valence-electron chi connectivity index (χ2n) is 5.44. The Labute approximate surface area is 145 Å². The average molecular weight is 377 g/mol. The summed E-state index contributed by atoms with van der Waals surface area (Å²) in [5, 5.41) is 5.54. The molecule has 0 spiro atoms. The number of carbonyl (C=O) groups excluding carboxylic acids is 1. The van der Waals surface area contributed by atoms with Gasteiger partial charge in [-0.1, -0.05) is 22.0 Å². The first-order valence-electron chi connectivity index (χ1n) is 7.47. The summed E-state index contributed by atoms with van der Waals surface area (Å²) in [6, 6.07) is 11.3. The van der Waals surface area contributed by atoms with E-state index in [1.165, 1.54) is 11.1 Å². The molecule has 0 unspecified atom stereocenters. The van der Waals surface area contributed by atoms with Crippen LogP contribution in [0.1, 0.15) is 16.7 Å². The van der Waals surface area contributed by atoms with Crippen molar-refractivity contribution in [1.29, 1.82) is 0 Å². The lowest BCUT2D eigenvalue weighted by Gasteiger charge is -2.12. The predicted molar refractivity (Wildman–Crippen MR) is 97.3 cm³/mol. The quantitative estimate of drug-likeness (QED) is 0.750. The van der Waals surface area contributed by atoms with Gasteiger partial charge in [-0.15, -0.1) is 0 Å². The molecule has 2 amide bonds. The lowest BCUT2D eigenvalue weighted by Crippen LogP contribution is -2.32. The van der Waals surface area contributed by atoms with Gasteiger partial charge in [-0.3, -0.25) is 0 Å². The standard InChI is InChI=1S/C18H21BrN2O2/c1-12-10-14(3)17(11-13(12)2)23-9-8-20-18(22)21-16-6-4-15(19)5-7-16/h4-7,10-11H,8-9H2,1-3H3,(H2,20,21,22). The molecule has 23 heavy (non-hydrogen) atoms. The van der Waals surface area contributed by atoms with Crippen molar-refractivity contribution in [3.8, 4) is 5.75 Å². The fraction of sp³-hybridized carbons (Fsp3) is 0.278. The molecule has 0 aliphatic carbocycles. The van der Waals surface area contributed by atoms with Crippen molar-refractivity contribution < 1.29 is 9.53 Å².